The molecule has 0 unspecified atom stereocenters. The number of nitrogens with one attached hydrogen (secondary N) is 3. The summed E-state index contributed by atoms with van der Waals surface area (Å²) in [5.41, 5.74) is 6.91. The standard InChI is InChI=1S/C24H25F3N6O4S/c1-13(2)38(34,35)19-9-8-16(10-18(19)37-24(25,26)27)17-12-32-21(28)20(33-17)23(30)36-22(29)15-6-4-14(5-7-15)11-31-3/h4-10,12-13,29-31H,11H2,1-3H3,(H2,28,32). The Hall–Kier alpha value is -4.04. The van der Waals surface area contributed by atoms with Crippen LogP contribution in [0.25, 0.3) is 11.3 Å². The maximum absolute atomic E-state index is 13.1. The fourth-order valence-corrected chi connectivity index (χ4v) is 4.40. The summed E-state index contributed by atoms with van der Waals surface area (Å²) in [6, 6.07) is 9.94. The number of nitrogen functional groups attached to an aromatic ring is 1. The molecule has 0 aliphatic rings. The Kier molecular flexibility index (Phi) is 8.37. The highest BCUT2D eigenvalue weighted by atomic mass is 32.2. The van der Waals surface area contributed by atoms with Gasteiger partial charge in [0.05, 0.1) is 17.1 Å². The number of nitrogens with two attached hydrogens (primary N) is 1. The van der Waals surface area contributed by atoms with Crippen molar-refractivity contribution in [2.75, 3.05) is 12.8 Å². The van der Waals surface area contributed by atoms with E-state index >= 15 is 0 Å². The minimum Gasteiger partial charge on any atom is -0.419 e. The van der Waals surface area contributed by atoms with Crippen molar-refractivity contribution in [1.82, 2.24) is 15.3 Å². The Labute approximate surface area is 217 Å². The lowest BCUT2D eigenvalue weighted by molar-refractivity contribution is -0.275. The van der Waals surface area contributed by atoms with Crippen LogP contribution in [0, 0.1) is 10.8 Å². The number of hydrogen-bond donors (Lipinski definition) is 4. The van der Waals surface area contributed by atoms with Crippen molar-refractivity contribution in [3.8, 4) is 17.0 Å². The van der Waals surface area contributed by atoms with E-state index in [4.69, 9.17) is 21.3 Å². The Balaban J connectivity index is 1.94. The molecule has 3 aromatic rings. The quantitative estimate of drug-likeness (QED) is 0.242. The normalized spacial score (nSPS) is 11.9. The van der Waals surface area contributed by atoms with E-state index in [9.17, 15) is 21.6 Å². The molecule has 0 saturated carbocycles. The van der Waals surface area contributed by atoms with Crippen molar-refractivity contribution in [2.45, 2.75) is 36.9 Å². The van der Waals surface area contributed by atoms with Gasteiger partial charge in [-0.15, -0.1) is 13.2 Å². The van der Waals surface area contributed by atoms with Gasteiger partial charge in [-0.2, -0.15) is 0 Å². The number of alkyl halides is 3. The van der Waals surface area contributed by atoms with Gasteiger partial charge in [0.15, 0.2) is 21.3 Å². The summed E-state index contributed by atoms with van der Waals surface area (Å²) in [6.07, 6.45) is -4.01. The monoisotopic (exact) mass is 550 g/mol. The van der Waals surface area contributed by atoms with E-state index in [2.05, 4.69) is 20.0 Å². The molecule has 0 spiro atoms. The van der Waals surface area contributed by atoms with Crippen LogP contribution >= 0.6 is 0 Å². The topological polar surface area (TPSA) is 164 Å². The average Bonchev–Trinajstić information content (AvgIpc) is 2.83. The highest BCUT2D eigenvalue weighted by Crippen LogP contribution is 2.35. The lowest BCUT2D eigenvalue weighted by Gasteiger charge is -2.16. The second-order valence-electron chi connectivity index (χ2n) is 8.28. The van der Waals surface area contributed by atoms with Gasteiger partial charge in [0.25, 0.3) is 0 Å². The molecule has 0 aliphatic heterocycles. The highest BCUT2D eigenvalue weighted by molar-refractivity contribution is 7.92. The molecular formula is C24H25F3N6O4S. The number of anilines is 1. The van der Waals surface area contributed by atoms with E-state index in [0.29, 0.717) is 12.1 Å². The molecule has 0 radical (unpaired) electrons. The molecule has 1 aromatic heterocycles. The SMILES string of the molecule is CNCc1ccc(C(=N)OC(=N)c2nc(-c3ccc(S(=O)(=O)C(C)C)c(OC(F)(F)F)c3)cnc2N)cc1. The van der Waals surface area contributed by atoms with E-state index in [-0.39, 0.29) is 28.7 Å². The van der Waals surface area contributed by atoms with Crippen LogP contribution in [-0.2, 0) is 21.1 Å². The Morgan fingerprint density at radius 3 is 2.34 bits per heavy atom. The van der Waals surface area contributed by atoms with Gasteiger partial charge in [-0.25, -0.2) is 18.4 Å². The molecule has 0 atom stereocenters. The molecule has 202 valence electrons. The van der Waals surface area contributed by atoms with Crippen LogP contribution in [0.1, 0.15) is 30.7 Å². The molecule has 3 rings (SSSR count). The minimum absolute atomic E-state index is 0.0173. The van der Waals surface area contributed by atoms with Gasteiger partial charge in [0, 0.05) is 17.7 Å². The van der Waals surface area contributed by atoms with Crippen LogP contribution in [0.3, 0.4) is 0 Å². The van der Waals surface area contributed by atoms with Crippen molar-refractivity contribution in [3.05, 3.63) is 65.5 Å². The van der Waals surface area contributed by atoms with Gasteiger partial charge in [-0.1, -0.05) is 18.2 Å². The van der Waals surface area contributed by atoms with Crippen molar-refractivity contribution >= 4 is 27.5 Å². The lowest BCUT2D eigenvalue weighted by atomic mass is 10.1. The highest BCUT2D eigenvalue weighted by Gasteiger charge is 2.35. The first-order chi connectivity index (χ1) is 17.7. The first-order valence-corrected chi connectivity index (χ1v) is 12.6. The van der Waals surface area contributed by atoms with Gasteiger partial charge < -0.3 is 20.5 Å². The van der Waals surface area contributed by atoms with Gasteiger partial charge >= 0.3 is 6.36 Å². The molecule has 10 nitrogen and oxygen atoms in total. The van der Waals surface area contributed by atoms with E-state index in [1.807, 2.05) is 0 Å². The summed E-state index contributed by atoms with van der Waals surface area (Å²) in [7, 11) is -2.32. The van der Waals surface area contributed by atoms with Crippen molar-refractivity contribution in [1.29, 1.82) is 10.8 Å². The zero-order chi connectivity index (χ0) is 28.3. The van der Waals surface area contributed by atoms with Crippen LogP contribution in [0.15, 0.2) is 53.6 Å². The van der Waals surface area contributed by atoms with E-state index in [1.165, 1.54) is 19.9 Å². The van der Waals surface area contributed by atoms with Gasteiger partial charge in [-0.05, 0) is 50.7 Å². The number of benzene rings is 2. The maximum Gasteiger partial charge on any atom is 0.573 e. The smallest absolute Gasteiger partial charge is 0.419 e. The summed E-state index contributed by atoms with van der Waals surface area (Å²) < 4.78 is 73.6. The fraction of sp³-hybridized carbons (Fsp3) is 0.250. The molecule has 2 aromatic carbocycles. The van der Waals surface area contributed by atoms with Gasteiger partial charge in [0.1, 0.15) is 10.6 Å². The van der Waals surface area contributed by atoms with E-state index < -0.39 is 38.0 Å². The minimum atomic E-state index is -5.15. The summed E-state index contributed by atoms with van der Waals surface area (Å²) in [6.45, 7) is 3.29. The van der Waals surface area contributed by atoms with Crippen molar-refractivity contribution < 1.29 is 31.1 Å². The molecule has 38 heavy (non-hydrogen) atoms. The largest absolute Gasteiger partial charge is 0.573 e. The summed E-state index contributed by atoms with van der Waals surface area (Å²) in [5.74, 6) is -2.13. The number of hydrogen-bond acceptors (Lipinski definition) is 10. The molecule has 0 fully saturated rings. The summed E-state index contributed by atoms with van der Waals surface area (Å²) >= 11 is 0. The molecular weight excluding hydrogens is 525 g/mol. The first-order valence-electron chi connectivity index (χ1n) is 11.1. The molecule has 0 bridgehead atoms. The molecule has 14 heteroatoms. The van der Waals surface area contributed by atoms with Crippen LogP contribution in [0.4, 0.5) is 19.0 Å². The number of rotatable bonds is 8. The Morgan fingerprint density at radius 1 is 1.11 bits per heavy atom. The first kappa shape index (κ1) is 28.5. The zero-order valence-corrected chi connectivity index (χ0v) is 21.4. The lowest BCUT2D eigenvalue weighted by Crippen LogP contribution is -2.21. The van der Waals surface area contributed by atoms with Crippen LogP contribution in [0.5, 0.6) is 5.75 Å². The number of halogens is 3. The third-order valence-electron chi connectivity index (χ3n) is 5.21. The Morgan fingerprint density at radius 2 is 1.76 bits per heavy atom. The third-order valence-corrected chi connectivity index (χ3v) is 7.40. The number of aromatic nitrogens is 2. The predicted octanol–water partition coefficient (Wildman–Crippen LogP) is 3.89. The molecule has 0 saturated heterocycles. The second-order valence-corrected chi connectivity index (χ2v) is 10.8. The van der Waals surface area contributed by atoms with Crippen molar-refractivity contribution in [2.24, 2.45) is 0 Å². The van der Waals surface area contributed by atoms with E-state index in [0.717, 1.165) is 23.9 Å². The fourth-order valence-electron chi connectivity index (χ4n) is 3.25. The van der Waals surface area contributed by atoms with Crippen molar-refractivity contribution in [3.63, 3.8) is 0 Å². The third kappa shape index (κ3) is 6.63. The number of ether oxygens (including phenoxy) is 2. The zero-order valence-electron chi connectivity index (χ0n) is 20.6. The molecule has 5 N–H and O–H groups in total. The molecule has 0 aliphatic carbocycles. The van der Waals surface area contributed by atoms with Crippen LogP contribution < -0.4 is 15.8 Å². The molecule has 1 heterocycles. The number of sulfone groups is 1. The second kappa shape index (κ2) is 11.1. The predicted molar refractivity (Wildman–Crippen MR) is 135 cm³/mol. The maximum atomic E-state index is 13.1. The Bertz CT molecular complexity index is 1460. The van der Waals surface area contributed by atoms with Gasteiger partial charge in [0.2, 0.25) is 11.8 Å². The van der Waals surface area contributed by atoms with Crippen LogP contribution in [0.2, 0.25) is 0 Å². The summed E-state index contributed by atoms with van der Waals surface area (Å²) in [4.78, 5) is 7.46. The van der Waals surface area contributed by atoms with Crippen LogP contribution in [-0.4, -0.2) is 48.8 Å². The summed E-state index contributed by atoms with van der Waals surface area (Å²) in [5, 5.41) is 18.4. The van der Waals surface area contributed by atoms with Gasteiger partial charge in [-0.3, -0.25) is 10.8 Å². The number of nitrogens with zero attached hydrogens (tertiary/aromatic N) is 2. The van der Waals surface area contributed by atoms with E-state index in [1.54, 1.807) is 31.3 Å². The average molecular weight is 551 g/mol. The molecule has 0 amide bonds.